The minimum absolute atomic E-state index is 0.101. The van der Waals surface area contributed by atoms with Crippen molar-refractivity contribution < 1.29 is 23.8 Å². The van der Waals surface area contributed by atoms with Gasteiger partial charge in [0.15, 0.2) is 0 Å². The highest BCUT2D eigenvalue weighted by Crippen LogP contribution is 2.42. The van der Waals surface area contributed by atoms with Crippen LogP contribution in [0.5, 0.6) is 5.75 Å². The molecule has 2 aliphatic rings. The second-order valence-electron chi connectivity index (χ2n) is 13.9. The van der Waals surface area contributed by atoms with E-state index in [0.29, 0.717) is 37.6 Å². The number of hydrogen-bond acceptors (Lipinski definition) is 7. The van der Waals surface area contributed by atoms with Crippen LogP contribution in [0.15, 0.2) is 60.9 Å². The number of rotatable bonds is 9. The summed E-state index contributed by atoms with van der Waals surface area (Å²) in [5.74, 6) is 0.914. The molecule has 2 aromatic heterocycles. The van der Waals surface area contributed by atoms with Crippen molar-refractivity contribution in [2.24, 2.45) is 0 Å². The number of fused-ring (bicyclic) bond motifs is 1. The molecule has 49 heavy (non-hydrogen) atoms. The van der Waals surface area contributed by atoms with Crippen molar-refractivity contribution in [3.05, 3.63) is 94.4 Å². The van der Waals surface area contributed by atoms with Crippen LogP contribution < -0.4 is 4.74 Å². The van der Waals surface area contributed by atoms with Gasteiger partial charge in [-0.05, 0) is 113 Å². The number of amides is 1. The summed E-state index contributed by atoms with van der Waals surface area (Å²) in [7, 11) is 0. The third kappa shape index (κ3) is 7.36. The molecule has 1 saturated heterocycles. The first kappa shape index (κ1) is 34.2. The number of benzene rings is 2. The molecule has 6 rings (SSSR count). The van der Waals surface area contributed by atoms with Crippen LogP contribution in [-0.2, 0) is 28.7 Å². The molecule has 9 nitrogen and oxygen atoms in total. The maximum Gasteiger partial charge on any atom is 0.410 e. The Labute approximate surface area is 289 Å². The lowest BCUT2D eigenvalue weighted by atomic mass is 9.86. The minimum Gasteiger partial charge on any atom is -0.486 e. The molecule has 1 atom stereocenters. The van der Waals surface area contributed by atoms with E-state index in [4.69, 9.17) is 19.2 Å². The summed E-state index contributed by atoms with van der Waals surface area (Å²) in [6.07, 6.45) is 8.26. The van der Waals surface area contributed by atoms with Gasteiger partial charge in [0.1, 0.15) is 23.0 Å². The predicted molar refractivity (Wildman–Crippen MR) is 189 cm³/mol. The molecule has 1 fully saturated rings. The van der Waals surface area contributed by atoms with Crippen molar-refractivity contribution in [2.75, 3.05) is 19.7 Å². The van der Waals surface area contributed by atoms with E-state index in [1.165, 1.54) is 22.3 Å². The molecule has 0 unspecified atom stereocenters. The van der Waals surface area contributed by atoms with Crippen molar-refractivity contribution in [1.29, 1.82) is 0 Å². The lowest BCUT2D eigenvalue weighted by molar-refractivity contribution is 0.0204. The number of aromatic nitrogens is 3. The van der Waals surface area contributed by atoms with E-state index in [9.17, 15) is 9.59 Å². The molecule has 1 aliphatic carbocycles. The number of hydrogen-bond donors (Lipinski definition) is 0. The Balaban J connectivity index is 1.21. The lowest BCUT2D eigenvalue weighted by Crippen LogP contribution is -2.41. The first-order valence-electron chi connectivity index (χ1n) is 17.7. The number of likely N-dealkylation sites (tertiary alicyclic amines) is 1. The molecule has 1 aliphatic heterocycles. The van der Waals surface area contributed by atoms with Crippen LogP contribution in [0, 0.1) is 0 Å². The van der Waals surface area contributed by atoms with Crippen LogP contribution in [-0.4, -0.2) is 57.0 Å². The van der Waals surface area contributed by atoms with Crippen molar-refractivity contribution in [3.8, 4) is 22.7 Å². The molecule has 0 bridgehead atoms. The van der Waals surface area contributed by atoms with E-state index in [1.807, 2.05) is 49.4 Å². The lowest BCUT2D eigenvalue weighted by Gasteiger charge is -2.34. The highest BCUT2D eigenvalue weighted by molar-refractivity contribution is 5.90. The van der Waals surface area contributed by atoms with Crippen molar-refractivity contribution in [3.63, 3.8) is 0 Å². The number of nitrogens with zero attached hydrogens (tertiary/aromatic N) is 4. The Bertz CT molecular complexity index is 1820. The van der Waals surface area contributed by atoms with Gasteiger partial charge in [-0.1, -0.05) is 38.1 Å². The smallest absolute Gasteiger partial charge is 0.410 e. The summed E-state index contributed by atoms with van der Waals surface area (Å²) in [6.45, 7) is 13.4. The average molecular weight is 665 g/mol. The number of carbonyl (C=O) groups excluding carboxylic acids is 2. The molecule has 1 amide bonds. The molecule has 0 saturated carbocycles. The van der Waals surface area contributed by atoms with E-state index in [1.54, 1.807) is 19.3 Å². The number of esters is 1. The normalized spacial score (nSPS) is 16.4. The van der Waals surface area contributed by atoms with Gasteiger partial charge in [-0.3, -0.25) is 4.98 Å². The van der Waals surface area contributed by atoms with Crippen LogP contribution in [0.3, 0.4) is 0 Å². The fourth-order valence-electron chi connectivity index (χ4n) is 7.22. The Morgan fingerprint density at radius 3 is 2.47 bits per heavy atom. The predicted octanol–water partition coefficient (Wildman–Crippen LogP) is 8.42. The first-order chi connectivity index (χ1) is 23.6. The van der Waals surface area contributed by atoms with Crippen LogP contribution in [0.4, 0.5) is 4.79 Å². The molecular formula is C40H48N4O5. The molecule has 2 aromatic carbocycles. The van der Waals surface area contributed by atoms with Crippen LogP contribution in [0.2, 0.25) is 0 Å². The van der Waals surface area contributed by atoms with Gasteiger partial charge in [-0.2, -0.15) is 5.10 Å². The fraction of sp³-hybridized carbons (Fsp3) is 0.450. The maximum atomic E-state index is 12.6. The van der Waals surface area contributed by atoms with E-state index in [2.05, 4.69) is 48.4 Å². The van der Waals surface area contributed by atoms with Crippen LogP contribution >= 0.6 is 0 Å². The van der Waals surface area contributed by atoms with E-state index in [0.717, 1.165) is 60.5 Å². The Hall–Kier alpha value is -4.66. The van der Waals surface area contributed by atoms with Crippen LogP contribution in [0.25, 0.3) is 16.9 Å². The van der Waals surface area contributed by atoms with Gasteiger partial charge in [0.05, 0.1) is 29.9 Å². The highest BCUT2D eigenvalue weighted by Gasteiger charge is 2.30. The summed E-state index contributed by atoms with van der Waals surface area (Å²) in [6, 6.07) is 16.9. The zero-order valence-electron chi connectivity index (χ0n) is 29.6. The molecule has 4 aromatic rings. The van der Waals surface area contributed by atoms with Gasteiger partial charge in [0.25, 0.3) is 0 Å². The van der Waals surface area contributed by atoms with Crippen molar-refractivity contribution >= 4 is 12.1 Å². The SMILES string of the molecule is CCOC(=O)c1cnn(-c2ccnc(-c3cccc4c3[C@@H](Oc3ccc(C5CCN(C(=O)OC(C)(C)C)CC5)c(CC)c3)CC4)c2)c1CC. The third-order valence-corrected chi connectivity index (χ3v) is 9.52. The molecule has 0 N–H and O–H groups in total. The van der Waals surface area contributed by atoms with Crippen molar-refractivity contribution in [2.45, 2.75) is 97.7 Å². The number of pyridine rings is 1. The quantitative estimate of drug-likeness (QED) is 0.166. The average Bonchev–Trinajstić information content (AvgIpc) is 3.72. The largest absolute Gasteiger partial charge is 0.486 e. The molecular weight excluding hydrogens is 616 g/mol. The number of ether oxygens (including phenoxy) is 3. The van der Waals surface area contributed by atoms with E-state index >= 15 is 0 Å². The summed E-state index contributed by atoms with van der Waals surface area (Å²) < 4.78 is 19.5. The topological polar surface area (TPSA) is 95.8 Å². The Morgan fingerprint density at radius 1 is 0.959 bits per heavy atom. The number of carbonyl (C=O) groups is 2. The van der Waals surface area contributed by atoms with Gasteiger partial charge in [-0.25, -0.2) is 14.3 Å². The second kappa shape index (κ2) is 14.4. The maximum absolute atomic E-state index is 12.6. The zero-order chi connectivity index (χ0) is 34.7. The third-order valence-electron chi connectivity index (χ3n) is 9.52. The molecule has 0 spiro atoms. The fourth-order valence-corrected chi connectivity index (χ4v) is 7.22. The molecule has 258 valence electrons. The Kier molecular flexibility index (Phi) is 10.1. The van der Waals surface area contributed by atoms with Gasteiger partial charge in [-0.15, -0.1) is 0 Å². The summed E-state index contributed by atoms with van der Waals surface area (Å²) in [4.78, 5) is 31.8. The van der Waals surface area contributed by atoms with Gasteiger partial charge >= 0.3 is 12.1 Å². The van der Waals surface area contributed by atoms with Gasteiger partial charge < -0.3 is 19.1 Å². The van der Waals surface area contributed by atoms with Gasteiger partial charge in [0.2, 0.25) is 0 Å². The monoisotopic (exact) mass is 664 g/mol. The second-order valence-corrected chi connectivity index (χ2v) is 13.9. The summed E-state index contributed by atoms with van der Waals surface area (Å²) in [5, 5.41) is 4.56. The van der Waals surface area contributed by atoms with Crippen molar-refractivity contribution in [1.82, 2.24) is 19.7 Å². The standard InChI is InChI=1S/C40H48N4O5/c1-7-26-23-30(14-15-31(26)27-18-21-43(22-19-27)39(46)49-40(4,5)6)48-36-16-13-28-11-10-12-32(37(28)36)34-24-29(17-20-41-34)44-35(8-2)33(25-42-44)38(45)47-9-3/h10-12,14-15,17,20,23-25,27,36H,7-9,13,16,18-19,21-22H2,1-6H3/t36-/m0/s1. The zero-order valence-corrected chi connectivity index (χ0v) is 29.6. The summed E-state index contributed by atoms with van der Waals surface area (Å²) in [5.41, 5.74) is 8.61. The minimum atomic E-state index is -0.490. The van der Waals surface area contributed by atoms with E-state index < -0.39 is 5.60 Å². The summed E-state index contributed by atoms with van der Waals surface area (Å²) >= 11 is 0. The Morgan fingerprint density at radius 2 is 1.76 bits per heavy atom. The molecule has 0 radical (unpaired) electrons. The van der Waals surface area contributed by atoms with Gasteiger partial charge in [0, 0.05) is 30.4 Å². The number of piperidine rings is 1. The molecule has 3 heterocycles. The first-order valence-corrected chi connectivity index (χ1v) is 17.7. The van der Waals surface area contributed by atoms with E-state index in [-0.39, 0.29) is 18.2 Å². The highest BCUT2D eigenvalue weighted by atomic mass is 16.6. The van der Waals surface area contributed by atoms with Crippen LogP contribution in [0.1, 0.15) is 111 Å². The molecule has 9 heteroatoms. The number of aryl methyl sites for hydroxylation is 2.